The number of anilines is 1. The predicted molar refractivity (Wildman–Crippen MR) is 79.6 cm³/mol. The maximum absolute atomic E-state index is 12.4. The number of amides is 1. The van der Waals surface area contributed by atoms with Gasteiger partial charge in [-0.1, -0.05) is 12.2 Å². The van der Waals surface area contributed by atoms with E-state index in [4.69, 9.17) is 0 Å². The largest absolute Gasteiger partial charge is 0.385 e. The van der Waals surface area contributed by atoms with Crippen LogP contribution in [0.1, 0.15) is 22.3 Å². The Morgan fingerprint density at radius 3 is 2.74 bits per heavy atom. The van der Waals surface area contributed by atoms with Crippen molar-refractivity contribution in [2.75, 3.05) is 25.0 Å². The Balaban J connectivity index is 2.22. The third kappa shape index (κ3) is 3.05. The number of fused-ring (bicyclic) bond motifs is 1. The summed E-state index contributed by atoms with van der Waals surface area (Å²) in [5.41, 5.74) is 3.13. The summed E-state index contributed by atoms with van der Waals surface area (Å²) in [6.45, 7) is 9.48. The first kappa shape index (κ1) is 13.4. The van der Waals surface area contributed by atoms with E-state index in [1.54, 1.807) is 17.1 Å². The number of carbonyl (C=O) groups is 1. The van der Waals surface area contributed by atoms with Gasteiger partial charge in [-0.25, -0.2) is 0 Å². The zero-order valence-electron chi connectivity index (χ0n) is 11.2. The summed E-state index contributed by atoms with van der Waals surface area (Å²) in [7, 11) is 0. The van der Waals surface area contributed by atoms with Crippen molar-refractivity contribution < 1.29 is 4.79 Å². The Kier molecular flexibility index (Phi) is 4.39. The second-order valence-corrected chi connectivity index (χ2v) is 4.69. The Labute approximate surface area is 114 Å². The number of aryl methyl sites for hydroxylation is 1. The summed E-state index contributed by atoms with van der Waals surface area (Å²) in [5.74, 6) is 0.0353. The lowest BCUT2D eigenvalue weighted by molar-refractivity contribution is 0.0791. The zero-order valence-corrected chi connectivity index (χ0v) is 11.2. The van der Waals surface area contributed by atoms with Crippen molar-refractivity contribution in [3.63, 3.8) is 0 Å². The number of nitrogens with one attached hydrogen (secondary N) is 1. The third-order valence-electron chi connectivity index (χ3n) is 3.28. The quantitative estimate of drug-likeness (QED) is 0.822. The van der Waals surface area contributed by atoms with Crippen LogP contribution in [-0.2, 0) is 6.42 Å². The lowest BCUT2D eigenvalue weighted by Crippen LogP contribution is -2.31. The van der Waals surface area contributed by atoms with Gasteiger partial charge in [0.05, 0.1) is 0 Å². The van der Waals surface area contributed by atoms with E-state index in [1.165, 1.54) is 5.56 Å². The molecule has 1 aromatic rings. The summed E-state index contributed by atoms with van der Waals surface area (Å²) < 4.78 is 0. The van der Waals surface area contributed by atoms with E-state index in [1.807, 2.05) is 18.2 Å². The molecule has 0 saturated carbocycles. The van der Waals surface area contributed by atoms with Crippen LogP contribution in [0.4, 0.5) is 5.69 Å². The van der Waals surface area contributed by atoms with Crippen LogP contribution in [0.15, 0.2) is 43.5 Å². The first-order chi connectivity index (χ1) is 9.26. The molecule has 1 aliphatic rings. The number of benzene rings is 1. The van der Waals surface area contributed by atoms with Crippen molar-refractivity contribution in [2.45, 2.75) is 12.8 Å². The van der Waals surface area contributed by atoms with Gasteiger partial charge in [0, 0.05) is 30.9 Å². The topological polar surface area (TPSA) is 32.3 Å². The molecule has 1 aliphatic heterocycles. The molecule has 0 bridgehead atoms. The Morgan fingerprint density at radius 1 is 1.32 bits per heavy atom. The molecule has 1 aromatic carbocycles. The maximum Gasteiger partial charge on any atom is 0.254 e. The van der Waals surface area contributed by atoms with E-state index in [9.17, 15) is 4.79 Å². The van der Waals surface area contributed by atoms with Crippen molar-refractivity contribution in [2.24, 2.45) is 0 Å². The van der Waals surface area contributed by atoms with Crippen LogP contribution in [0.2, 0.25) is 0 Å². The summed E-state index contributed by atoms with van der Waals surface area (Å²) in [4.78, 5) is 14.2. The molecule has 0 aromatic heterocycles. The normalized spacial score (nSPS) is 13.1. The van der Waals surface area contributed by atoms with E-state index in [-0.39, 0.29) is 5.91 Å². The van der Waals surface area contributed by atoms with Gasteiger partial charge in [-0.3, -0.25) is 4.79 Å². The van der Waals surface area contributed by atoms with Gasteiger partial charge >= 0.3 is 0 Å². The van der Waals surface area contributed by atoms with Crippen molar-refractivity contribution in [1.29, 1.82) is 0 Å². The minimum absolute atomic E-state index is 0.0353. The molecular weight excluding hydrogens is 236 g/mol. The van der Waals surface area contributed by atoms with Gasteiger partial charge < -0.3 is 10.2 Å². The van der Waals surface area contributed by atoms with Crippen LogP contribution < -0.4 is 5.32 Å². The van der Waals surface area contributed by atoms with Gasteiger partial charge in [-0.15, -0.1) is 13.2 Å². The summed E-state index contributed by atoms with van der Waals surface area (Å²) in [6, 6.07) is 5.89. The molecule has 100 valence electrons. The second kappa shape index (κ2) is 6.23. The number of rotatable bonds is 5. The van der Waals surface area contributed by atoms with Crippen LogP contribution in [0.25, 0.3) is 0 Å². The Bertz CT molecular complexity index is 484. The molecule has 0 atom stereocenters. The van der Waals surface area contributed by atoms with Gasteiger partial charge in [0.2, 0.25) is 0 Å². The van der Waals surface area contributed by atoms with Crippen LogP contribution in [-0.4, -0.2) is 30.4 Å². The lowest BCUT2D eigenvalue weighted by Gasteiger charge is -2.22. The Hall–Kier alpha value is -2.03. The van der Waals surface area contributed by atoms with Gasteiger partial charge in [0.15, 0.2) is 0 Å². The van der Waals surface area contributed by atoms with Gasteiger partial charge in [0.25, 0.3) is 5.91 Å². The van der Waals surface area contributed by atoms with Crippen LogP contribution >= 0.6 is 0 Å². The first-order valence-electron chi connectivity index (χ1n) is 6.64. The van der Waals surface area contributed by atoms with Gasteiger partial charge in [-0.2, -0.15) is 0 Å². The predicted octanol–water partition coefficient (Wildman–Crippen LogP) is 2.86. The fourth-order valence-electron chi connectivity index (χ4n) is 2.34. The van der Waals surface area contributed by atoms with E-state index in [0.717, 1.165) is 30.6 Å². The van der Waals surface area contributed by atoms with Crippen molar-refractivity contribution in [1.82, 2.24) is 4.90 Å². The smallest absolute Gasteiger partial charge is 0.254 e. The van der Waals surface area contributed by atoms with Crippen molar-refractivity contribution >= 4 is 11.6 Å². The highest BCUT2D eigenvalue weighted by molar-refractivity contribution is 5.95. The van der Waals surface area contributed by atoms with E-state index in [0.29, 0.717) is 13.1 Å². The molecule has 3 nitrogen and oxygen atoms in total. The molecule has 2 rings (SSSR count). The standard InChI is InChI=1S/C16H20N2O/c1-3-10-18(11-4-2)16(19)14-7-8-15-13(12-14)6-5-9-17-15/h3-4,7-8,12,17H,1-2,5-6,9-11H2. The lowest BCUT2D eigenvalue weighted by atomic mass is 10.0. The van der Waals surface area contributed by atoms with Crippen LogP contribution in [0.5, 0.6) is 0 Å². The van der Waals surface area contributed by atoms with Crippen LogP contribution in [0, 0.1) is 0 Å². The number of carbonyl (C=O) groups excluding carboxylic acids is 1. The molecule has 0 unspecified atom stereocenters. The maximum atomic E-state index is 12.4. The molecule has 1 amide bonds. The number of hydrogen-bond donors (Lipinski definition) is 1. The minimum Gasteiger partial charge on any atom is -0.385 e. The van der Waals surface area contributed by atoms with E-state index >= 15 is 0 Å². The second-order valence-electron chi connectivity index (χ2n) is 4.69. The van der Waals surface area contributed by atoms with Gasteiger partial charge in [0.1, 0.15) is 0 Å². The average Bonchev–Trinajstić information content (AvgIpc) is 2.46. The number of nitrogens with zero attached hydrogens (tertiary/aromatic N) is 1. The zero-order chi connectivity index (χ0) is 13.7. The molecule has 0 fully saturated rings. The molecule has 1 N–H and O–H groups in total. The molecule has 0 saturated heterocycles. The average molecular weight is 256 g/mol. The van der Waals surface area contributed by atoms with E-state index < -0.39 is 0 Å². The molecule has 19 heavy (non-hydrogen) atoms. The highest BCUT2D eigenvalue weighted by Gasteiger charge is 2.16. The first-order valence-corrected chi connectivity index (χ1v) is 6.64. The SMILES string of the molecule is C=CCN(CC=C)C(=O)c1ccc2c(c1)CCCN2. The summed E-state index contributed by atoms with van der Waals surface area (Å²) >= 11 is 0. The minimum atomic E-state index is 0.0353. The summed E-state index contributed by atoms with van der Waals surface area (Å²) in [5, 5.41) is 3.35. The molecular formula is C16H20N2O. The highest BCUT2D eigenvalue weighted by atomic mass is 16.2. The molecule has 0 spiro atoms. The monoisotopic (exact) mass is 256 g/mol. The van der Waals surface area contributed by atoms with Gasteiger partial charge in [-0.05, 0) is 36.6 Å². The third-order valence-corrected chi connectivity index (χ3v) is 3.28. The number of hydrogen-bond acceptors (Lipinski definition) is 2. The summed E-state index contributed by atoms with van der Waals surface area (Å²) in [6.07, 6.45) is 5.63. The van der Waals surface area contributed by atoms with Crippen molar-refractivity contribution in [3.8, 4) is 0 Å². The molecule has 0 aliphatic carbocycles. The van der Waals surface area contributed by atoms with E-state index in [2.05, 4.69) is 18.5 Å². The fourth-order valence-corrected chi connectivity index (χ4v) is 2.34. The fraction of sp³-hybridized carbons (Fsp3) is 0.312. The Morgan fingerprint density at radius 2 is 2.05 bits per heavy atom. The molecule has 0 radical (unpaired) electrons. The molecule has 3 heteroatoms. The van der Waals surface area contributed by atoms with Crippen LogP contribution in [0.3, 0.4) is 0 Å². The molecule has 1 heterocycles. The van der Waals surface area contributed by atoms with Crippen molar-refractivity contribution in [3.05, 3.63) is 54.6 Å². The highest BCUT2D eigenvalue weighted by Crippen LogP contribution is 2.23.